The molecule has 1 rings (SSSR count). The zero-order valence-electron chi connectivity index (χ0n) is 9.76. The molecule has 0 fully saturated rings. The second kappa shape index (κ2) is 6.11. The van der Waals surface area contributed by atoms with E-state index in [2.05, 4.69) is 52.8 Å². The highest BCUT2D eigenvalue weighted by Crippen LogP contribution is 2.23. The Morgan fingerprint density at radius 2 is 2.13 bits per heavy atom. The van der Waals surface area contributed by atoms with Crippen LogP contribution >= 0.6 is 15.9 Å². The monoisotopic (exact) mass is 270 g/mol. The molecule has 3 heteroatoms. The van der Waals surface area contributed by atoms with E-state index in [1.807, 2.05) is 6.20 Å². The summed E-state index contributed by atoms with van der Waals surface area (Å²) in [6.45, 7) is 5.35. The largest absolute Gasteiger partial charge is 0.359 e. The first kappa shape index (κ1) is 12.5. The van der Waals surface area contributed by atoms with Gasteiger partial charge in [-0.05, 0) is 40.9 Å². The first-order valence-electron chi connectivity index (χ1n) is 5.48. The topological polar surface area (TPSA) is 16.1 Å². The van der Waals surface area contributed by atoms with Crippen molar-refractivity contribution in [2.45, 2.75) is 33.1 Å². The van der Waals surface area contributed by atoms with E-state index < -0.39 is 0 Å². The van der Waals surface area contributed by atoms with Crippen LogP contribution in [-0.4, -0.2) is 18.6 Å². The van der Waals surface area contributed by atoms with Crippen LogP contribution < -0.4 is 4.90 Å². The van der Waals surface area contributed by atoms with Crippen LogP contribution in [0.1, 0.15) is 31.7 Å². The summed E-state index contributed by atoms with van der Waals surface area (Å²) in [6.07, 6.45) is 5.69. The molecular weight excluding hydrogens is 252 g/mol. The molecule has 0 aromatic carbocycles. The van der Waals surface area contributed by atoms with Crippen molar-refractivity contribution in [2.75, 3.05) is 18.5 Å². The van der Waals surface area contributed by atoms with Gasteiger partial charge < -0.3 is 4.90 Å². The number of rotatable bonds is 5. The van der Waals surface area contributed by atoms with Crippen LogP contribution in [0.3, 0.4) is 0 Å². The first-order valence-corrected chi connectivity index (χ1v) is 6.27. The van der Waals surface area contributed by atoms with Crippen molar-refractivity contribution in [1.82, 2.24) is 4.98 Å². The average molecular weight is 271 g/mol. The van der Waals surface area contributed by atoms with Gasteiger partial charge in [0.2, 0.25) is 0 Å². The van der Waals surface area contributed by atoms with Gasteiger partial charge >= 0.3 is 0 Å². The molecule has 0 spiro atoms. The number of nitrogens with zero attached hydrogens (tertiary/aromatic N) is 2. The maximum atomic E-state index is 4.44. The van der Waals surface area contributed by atoms with Crippen LogP contribution in [0.5, 0.6) is 0 Å². The first-order chi connectivity index (χ1) is 7.15. The molecule has 0 atom stereocenters. The molecule has 1 aromatic heterocycles. The third kappa shape index (κ3) is 3.82. The number of hydrogen-bond acceptors (Lipinski definition) is 2. The molecule has 0 saturated heterocycles. The van der Waals surface area contributed by atoms with E-state index in [1.165, 1.54) is 24.8 Å². The number of aromatic nitrogens is 1. The van der Waals surface area contributed by atoms with Crippen LogP contribution in [0, 0.1) is 6.92 Å². The lowest BCUT2D eigenvalue weighted by Crippen LogP contribution is -2.20. The van der Waals surface area contributed by atoms with Crippen LogP contribution in [0.4, 0.5) is 5.82 Å². The fourth-order valence-corrected chi connectivity index (χ4v) is 2.28. The number of anilines is 1. The number of unbranched alkanes of at least 4 members (excludes halogenated alkanes) is 2. The van der Waals surface area contributed by atoms with Gasteiger partial charge in [0.1, 0.15) is 5.82 Å². The van der Waals surface area contributed by atoms with E-state index in [4.69, 9.17) is 0 Å². The molecule has 0 unspecified atom stereocenters. The summed E-state index contributed by atoms with van der Waals surface area (Å²) in [5.41, 5.74) is 1.19. The van der Waals surface area contributed by atoms with Gasteiger partial charge in [0.25, 0.3) is 0 Å². The van der Waals surface area contributed by atoms with E-state index in [0.717, 1.165) is 16.8 Å². The van der Waals surface area contributed by atoms with Crippen molar-refractivity contribution in [3.8, 4) is 0 Å². The van der Waals surface area contributed by atoms with Crippen molar-refractivity contribution in [2.24, 2.45) is 0 Å². The lowest BCUT2D eigenvalue weighted by molar-refractivity contribution is 0.700. The van der Waals surface area contributed by atoms with Crippen molar-refractivity contribution >= 4 is 21.7 Å². The number of aryl methyl sites for hydroxylation is 1. The van der Waals surface area contributed by atoms with Gasteiger partial charge in [0.15, 0.2) is 0 Å². The summed E-state index contributed by atoms with van der Waals surface area (Å²) >= 11 is 3.55. The maximum absolute atomic E-state index is 4.44. The van der Waals surface area contributed by atoms with E-state index in [9.17, 15) is 0 Å². The summed E-state index contributed by atoms with van der Waals surface area (Å²) < 4.78 is 1.08. The van der Waals surface area contributed by atoms with E-state index in [-0.39, 0.29) is 0 Å². The van der Waals surface area contributed by atoms with Gasteiger partial charge in [0.05, 0.1) is 4.47 Å². The van der Waals surface area contributed by atoms with E-state index in [1.54, 1.807) is 0 Å². The second-order valence-electron chi connectivity index (χ2n) is 3.95. The minimum atomic E-state index is 1.04. The summed E-state index contributed by atoms with van der Waals surface area (Å²) in [5, 5.41) is 0. The predicted octanol–water partition coefficient (Wildman–Crippen LogP) is 3.78. The van der Waals surface area contributed by atoms with Crippen molar-refractivity contribution in [1.29, 1.82) is 0 Å². The molecule has 15 heavy (non-hydrogen) atoms. The van der Waals surface area contributed by atoms with Gasteiger partial charge in [-0.3, -0.25) is 0 Å². The molecule has 0 aliphatic carbocycles. The third-order valence-electron chi connectivity index (χ3n) is 2.42. The second-order valence-corrected chi connectivity index (χ2v) is 4.80. The standard InChI is InChI=1S/C12H19BrN2/c1-4-5-6-7-15(3)12-11(13)8-10(2)9-14-12/h8-9H,4-7H2,1-3H3. The van der Waals surface area contributed by atoms with Gasteiger partial charge in [-0.2, -0.15) is 0 Å². The Hall–Kier alpha value is -0.570. The van der Waals surface area contributed by atoms with Crippen LogP contribution in [-0.2, 0) is 0 Å². The Morgan fingerprint density at radius 3 is 2.73 bits per heavy atom. The Balaban J connectivity index is 2.61. The minimum absolute atomic E-state index is 1.04. The summed E-state index contributed by atoms with van der Waals surface area (Å²) in [7, 11) is 2.10. The fraction of sp³-hybridized carbons (Fsp3) is 0.583. The molecule has 0 aliphatic rings. The van der Waals surface area contributed by atoms with Gasteiger partial charge in [-0.15, -0.1) is 0 Å². The highest BCUT2D eigenvalue weighted by atomic mass is 79.9. The van der Waals surface area contributed by atoms with Crippen LogP contribution in [0.25, 0.3) is 0 Å². The molecular formula is C12H19BrN2. The van der Waals surface area contributed by atoms with Gasteiger partial charge in [0, 0.05) is 19.8 Å². The molecule has 84 valence electrons. The van der Waals surface area contributed by atoms with Crippen molar-refractivity contribution < 1.29 is 0 Å². The van der Waals surface area contributed by atoms with Gasteiger partial charge in [-0.1, -0.05) is 19.8 Å². The highest BCUT2D eigenvalue weighted by Gasteiger charge is 2.06. The van der Waals surface area contributed by atoms with Crippen LogP contribution in [0.15, 0.2) is 16.7 Å². The molecule has 0 radical (unpaired) electrons. The third-order valence-corrected chi connectivity index (χ3v) is 3.00. The van der Waals surface area contributed by atoms with Gasteiger partial charge in [-0.25, -0.2) is 4.98 Å². The van der Waals surface area contributed by atoms with E-state index in [0.29, 0.717) is 0 Å². The SMILES string of the molecule is CCCCCN(C)c1ncc(C)cc1Br. The zero-order valence-corrected chi connectivity index (χ0v) is 11.3. The summed E-state index contributed by atoms with van der Waals surface area (Å²) in [4.78, 5) is 6.64. The highest BCUT2D eigenvalue weighted by molar-refractivity contribution is 9.10. The summed E-state index contributed by atoms with van der Waals surface area (Å²) in [6, 6.07) is 2.11. The Bertz CT molecular complexity index is 312. The molecule has 0 N–H and O–H groups in total. The number of halogens is 1. The lowest BCUT2D eigenvalue weighted by Gasteiger charge is -2.19. The number of hydrogen-bond donors (Lipinski definition) is 0. The van der Waals surface area contributed by atoms with Crippen molar-refractivity contribution in [3.05, 3.63) is 22.3 Å². The minimum Gasteiger partial charge on any atom is -0.359 e. The van der Waals surface area contributed by atoms with Crippen molar-refractivity contribution in [3.63, 3.8) is 0 Å². The Kier molecular flexibility index (Phi) is 5.09. The smallest absolute Gasteiger partial charge is 0.142 e. The number of pyridine rings is 1. The quantitative estimate of drug-likeness (QED) is 0.758. The fourth-order valence-electron chi connectivity index (χ4n) is 1.51. The average Bonchev–Trinajstić information content (AvgIpc) is 2.17. The maximum Gasteiger partial charge on any atom is 0.142 e. The molecule has 1 heterocycles. The predicted molar refractivity (Wildman–Crippen MR) is 69.5 cm³/mol. The molecule has 2 nitrogen and oxygen atoms in total. The molecule has 0 amide bonds. The molecule has 1 aromatic rings. The lowest BCUT2D eigenvalue weighted by atomic mass is 10.2. The van der Waals surface area contributed by atoms with E-state index >= 15 is 0 Å². The Labute approximate surface area is 101 Å². The summed E-state index contributed by atoms with van der Waals surface area (Å²) in [5.74, 6) is 1.04. The van der Waals surface area contributed by atoms with Crippen LogP contribution in [0.2, 0.25) is 0 Å². The Morgan fingerprint density at radius 1 is 1.40 bits per heavy atom. The normalized spacial score (nSPS) is 10.4. The zero-order chi connectivity index (χ0) is 11.3. The molecule has 0 aliphatic heterocycles. The molecule has 0 bridgehead atoms. The molecule has 0 saturated carbocycles.